The van der Waals surface area contributed by atoms with Crippen LogP contribution in [0.15, 0.2) is 24.3 Å². The van der Waals surface area contributed by atoms with Gasteiger partial charge in [0.1, 0.15) is 0 Å². The lowest BCUT2D eigenvalue weighted by Gasteiger charge is -2.38. The van der Waals surface area contributed by atoms with E-state index >= 15 is 0 Å². The Morgan fingerprint density at radius 2 is 2.03 bits per heavy atom. The number of alkyl halides is 3. The molecule has 1 aliphatic rings. The summed E-state index contributed by atoms with van der Waals surface area (Å²) in [6, 6.07) is 4.20. The zero-order valence-electron chi connectivity index (χ0n) is 16.7. The number of halogens is 3. The van der Waals surface area contributed by atoms with Crippen LogP contribution in [-0.4, -0.2) is 48.5 Å². The normalized spacial score (nSPS) is 19.7. The Bertz CT molecular complexity index is 700. The van der Waals surface area contributed by atoms with Gasteiger partial charge in [-0.3, -0.25) is 4.79 Å². The van der Waals surface area contributed by atoms with Gasteiger partial charge in [-0.25, -0.2) is 4.79 Å². The van der Waals surface area contributed by atoms with E-state index in [1.807, 2.05) is 13.2 Å². The second kappa shape index (κ2) is 10.8. The third-order valence-electron chi connectivity index (χ3n) is 5.22. The summed E-state index contributed by atoms with van der Waals surface area (Å²) in [5.41, 5.74) is -0.680. The molecule has 0 radical (unpaired) electrons. The lowest BCUT2D eigenvalue weighted by molar-refractivity contribution is -0.137. The van der Waals surface area contributed by atoms with E-state index in [-0.39, 0.29) is 23.4 Å². The largest absolute Gasteiger partial charge is 0.416 e. The van der Waals surface area contributed by atoms with Gasteiger partial charge in [-0.1, -0.05) is 19.4 Å². The van der Waals surface area contributed by atoms with Gasteiger partial charge >= 0.3 is 12.2 Å². The predicted molar refractivity (Wildman–Crippen MR) is 110 cm³/mol. The van der Waals surface area contributed by atoms with Gasteiger partial charge in [0.15, 0.2) is 0 Å². The van der Waals surface area contributed by atoms with Crippen molar-refractivity contribution in [3.05, 3.63) is 29.8 Å². The highest BCUT2D eigenvalue weighted by molar-refractivity contribution is 7.98. The van der Waals surface area contributed by atoms with Crippen LogP contribution in [0.1, 0.15) is 31.7 Å². The van der Waals surface area contributed by atoms with Crippen molar-refractivity contribution in [3.63, 3.8) is 0 Å². The zero-order chi connectivity index (χ0) is 21.4. The fourth-order valence-corrected chi connectivity index (χ4v) is 3.88. The van der Waals surface area contributed by atoms with E-state index in [2.05, 4.69) is 10.6 Å². The number of amides is 3. The number of urea groups is 1. The van der Waals surface area contributed by atoms with Crippen molar-refractivity contribution in [3.8, 4) is 0 Å². The van der Waals surface area contributed by atoms with Crippen LogP contribution >= 0.6 is 11.8 Å². The number of anilines is 1. The first kappa shape index (κ1) is 23.4. The van der Waals surface area contributed by atoms with E-state index in [0.717, 1.165) is 24.3 Å². The molecule has 1 aromatic carbocycles. The maximum atomic E-state index is 12.8. The highest BCUT2D eigenvalue weighted by Crippen LogP contribution is 2.32. The van der Waals surface area contributed by atoms with Crippen LogP contribution < -0.4 is 10.6 Å². The van der Waals surface area contributed by atoms with Crippen molar-refractivity contribution >= 4 is 29.4 Å². The molecule has 1 saturated heterocycles. The van der Waals surface area contributed by atoms with Gasteiger partial charge in [-0.15, -0.1) is 0 Å². The maximum Gasteiger partial charge on any atom is 0.416 e. The zero-order valence-corrected chi connectivity index (χ0v) is 17.5. The molecule has 0 spiro atoms. The first-order valence-electron chi connectivity index (χ1n) is 9.73. The third-order valence-corrected chi connectivity index (χ3v) is 5.83. The molecule has 2 rings (SSSR count). The molecule has 9 heteroatoms. The van der Waals surface area contributed by atoms with Crippen LogP contribution in [0.5, 0.6) is 0 Å². The quantitative estimate of drug-likeness (QED) is 0.627. The lowest BCUT2D eigenvalue weighted by Crippen LogP contribution is -2.46. The predicted octanol–water partition coefficient (Wildman–Crippen LogP) is 4.45. The number of carbonyl (C=O) groups is 2. The molecule has 29 heavy (non-hydrogen) atoms. The fraction of sp³-hybridized carbons (Fsp3) is 0.600. The van der Waals surface area contributed by atoms with Crippen LogP contribution in [0.4, 0.5) is 23.7 Å². The van der Waals surface area contributed by atoms with Gasteiger partial charge in [0, 0.05) is 37.5 Å². The summed E-state index contributed by atoms with van der Waals surface area (Å²) in [7, 11) is 0. The molecule has 1 aliphatic heterocycles. The van der Waals surface area contributed by atoms with Crippen LogP contribution in [0.25, 0.3) is 0 Å². The Balaban J connectivity index is 1.91. The number of benzene rings is 1. The van der Waals surface area contributed by atoms with E-state index in [4.69, 9.17) is 0 Å². The fourth-order valence-electron chi connectivity index (χ4n) is 3.58. The molecule has 2 N–H and O–H groups in total. The second-order valence-corrected chi connectivity index (χ2v) is 8.20. The van der Waals surface area contributed by atoms with Crippen LogP contribution in [0.2, 0.25) is 0 Å². The van der Waals surface area contributed by atoms with Crippen LogP contribution in [0.3, 0.4) is 0 Å². The number of carbonyl (C=O) groups excluding carboxylic acids is 2. The number of hydrogen-bond acceptors (Lipinski definition) is 3. The molecule has 3 amide bonds. The lowest BCUT2D eigenvalue weighted by atomic mass is 9.81. The summed E-state index contributed by atoms with van der Waals surface area (Å²) in [4.78, 5) is 26.3. The second-order valence-electron chi connectivity index (χ2n) is 7.22. The average molecular weight is 432 g/mol. The molecule has 2 atom stereocenters. The number of thioether (sulfide) groups is 1. The minimum Gasteiger partial charge on any atom is -0.355 e. The molecule has 1 aromatic rings. The topological polar surface area (TPSA) is 61.4 Å². The van der Waals surface area contributed by atoms with Crippen LogP contribution in [-0.2, 0) is 11.0 Å². The van der Waals surface area contributed by atoms with Crippen molar-refractivity contribution in [2.45, 2.75) is 32.4 Å². The van der Waals surface area contributed by atoms with E-state index < -0.39 is 17.8 Å². The van der Waals surface area contributed by atoms with Crippen molar-refractivity contribution in [1.82, 2.24) is 10.2 Å². The van der Waals surface area contributed by atoms with Gasteiger partial charge in [0.2, 0.25) is 5.91 Å². The maximum absolute atomic E-state index is 12.8. The summed E-state index contributed by atoms with van der Waals surface area (Å²) in [6.45, 7) is 3.64. The van der Waals surface area contributed by atoms with Crippen molar-refractivity contribution in [2.24, 2.45) is 11.8 Å². The van der Waals surface area contributed by atoms with E-state index in [1.165, 1.54) is 12.1 Å². The summed E-state index contributed by atoms with van der Waals surface area (Å²) in [6.07, 6.45) is -0.501. The third kappa shape index (κ3) is 7.13. The Kier molecular flexibility index (Phi) is 8.67. The molecule has 0 aliphatic carbocycles. The average Bonchev–Trinajstić information content (AvgIpc) is 2.68. The Labute approximate surface area is 173 Å². The first-order valence-corrected chi connectivity index (χ1v) is 11.1. The van der Waals surface area contributed by atoms with Gasteiger partial charge < -0.3 is 15.5 Å². The van der Waals surface area contributed by atoms with E-state index in [1.54, 1.807) is 16.7 Å². The molecule has 0 aromatic heterocycles. The number of likely N-dealkylation sites (tertiary alicyclic amines) is 1. The van der Waals surface area contributed by atoms with Crippen molar-refractivity contribution in [2.75, 3.05) is 37.0 Å². The number of rotatable bonds is 7. The minimum absolute atomic E-state index is 0.0318. The molecule has 1 heterocycles. The Morgan fingerprint density at radius 3 is 2.69 bits per heavy atom. The standard InChI is InChI=1S/C20H28F3N3O2S/c1-3-14-13-26(9-7-15(14)11-18(27)24-8-10-29-2)19(28)25-17-6-4-5-16(12-17)20(21,22)23/h4-6,12,14-15H,3,7-11,13H2,1-2H3,(H,24,27)(H,25,28). The smallest absolute Gasteiger partial charge is 0.355 e. The van der Waals surface area contributed by atoms with Crippen LogP contribution in [0, 0.1) is 11.8 Å². The molecule has 1 fully saturated rings. The summed E-state index contributed by atoms with van der Waals surface area (Å²) < 4.78 is 38.5. The molecular weight excluding hydrogens is 403 g/mol. The van der Waals surface area contributed by atoms with Gasteiger partial charge in [-0.05, 0) is 42.7 Å². The summed E-state index contributed by atoms with van der Waals surface area (Å²) in [5, 5.41) is 5.48. The number of piperidine rings is 1. The summed E-state index contributed by atoms with van der Waals surface area (Å²) >= 11 is 1.67. The summed E-state index contributed by atoms with van der Waals surface area (Å²) in [5.74, 6) is 1.29. The van der Waals surface area contributed by atoms with Gasteiger partial charge in [0.05, 0.1) is 5.56 Å². The van der Waals surface area contributed by atoms with Crippen molar-refractivity contribution < 1.29 is 22.8 Å². The number of nitrogens with one attached hydrogen (secondary N) is 2. The van der Waals surface area contributed by atoms with E-state index in [9.17, 15) is 22.8 Å². The Morgan fingerprint density at radius 1 is 1.28 bits per heavy atom. The molecule has 0 saturated carbocycles. The Hall–Kier alpha value is -1.90. The number of hydrogen-bond donors (Lipinski definition) is 2. The molecule has 0 bridgehead atoms. The van der Waals surface area contributed by atoms with Crippen molar-refractivity contribution in [1.29, 1.82) is 0 Å². The molecule has 162 valence electrons. The first-order chi connectivity index (χ1) is 13.7. The highest BCUT2D eigenvalue weighted by Gasteiger charge is 2.33. The minimum atomic E-state index is -4.46. The van der Waals surface area contributed by atoms with E-state index in [0.29, 0.717) is 32.5 Å². The monoisotopic (exact) mass is 431 g/mol. The molecule has 2 unspecified atom stereocenters. The van der Waals surface area contributed by atoms with Gasteiger partial charge in [0.25, 0.3) is 0 Å². The SMILES string of the molecule is CCC1CN(C(=O)Nc2cccc(C(F)(F)F)c2)CCC1CC(=O)NCCSC. The highest BCUT2D eigenvalue weighted by atomic mass is 32.2. The van der Waals surface area contributed by atoms with Gasteiger partial charge in [-0.2, -0.15) is 24.9 Å². The molecular formula is C20H28F3N3O2S. The number of nitrogens with zero attached hydrogens (tertiary/aromatic N) is 1. The molecule has 5 nitrogen and oxygen atoms in total.